The van der Waals surface area contributed by atoms with E-state index in [1.54, 1.807) is 0 Å². The van der Waals surface area contributed by atoms with Gasteiger partial charge in [0.25, 0.3) is 6.43 Å². The van der Waals surface area contributed by atoms with Crippen LogP contribution in [0, 0.1) is 0 Å². The van der Waals surface area contributed by atoms with E-state index in [-0.39, 0.29) is 5.15 Å². The van der Waals surface area contributed by atoms with E-state index in [0.29, 0.717) is 23.2 Å². The van der Waals surface area contributed by atoms with Crippen LogP contribution in [0.4, 0.5) is 20.2 Å². The summed E-state index contributed by atoms with van der Waals surface area (Å²) in [6.45, 7) is -0.487. The van der Waals surface area contributed by atoms with Gasteiger partial charge in [0.05, 0.1) is 23.1 Å². The lowest BCUT2D eigenvalue weighted by atomic mass is 10.2. The molecule has 0 aliphatic rings. The number of pyridine rings is 1. The molecule has 2 rings (SSSR count). The molecule has 8 heteroatoms. The van der Waals surface area contributed by atoms with Crippen molar-refractivity contribution in [2.75, 3.05) is 5.32 Å². The van der Waals surface area contributed by atoms with Gasteiger partial charge in [-0.2, -0.15) is 5.10 Å². The molecule has 2 heterocycles. The van der Waals surface area contributed by atoms with Gasteiger partial charge in [0, 0.05) is 12.4 Å². The van der Waals surface area contributed by atoms with Crippen LogP contribution in [0.2, 0.25) is 5.15 Å². The van der Waals surface area contributed by atoms with Crippen molar-refractivity contribution in [2.24, 2.45) is 0 Å². The number of carbonyl (C=O) groups excluding carboxylic acids is 1. The summed E-state index contributed by atoms with van der Waals surface area (Å²) < 4.78 is 25.5. The lowest BCUT2D eigenvalue weighted by Gasteiger charge is -2.06. The van der Waals surface area contributed by atoms with Gasteiger partial charge in [0.2, 0.25) is 0 Å². The third-order valence-electron chi connectivity index (χ3n) is 2.27. The Labute approximate surface area is 112 Å². The normalized spacial score (nSPS) is 10.7. The van der Waals surface area contributed by atoms with E-state index in [1.165, 1.54) is 24.7 Å². The first kappa shape index (κ1) is 13.4. The Bertz CT molecular complexity index is 588. The van der Waals surface area contributed by atoms with Crippen molar-refractivity contribution in [1.29, 1.82) is 0 Å². The molecule has 2 aromatic rings. The van der Waals surface area contributed by atoms with E-state index in [4.69, 9.17) is 11.6 Å². The molecule has 0 bridgehead atoms. The fourth-order valence-corrected chi connectivity index (χ4v) is 1.63. The number of rotatable bonds is 5. The predicted octanol–water partition coefficient (Wildman–Crippen LogP) is 2.75. The minimum absolute atomic E-state index is 0.216. The highest BCUT2D eigenvalue weighted by Gasteiger charge is 2.08. The zero-order valence-corrected chi connectivity index (χ0v) is 10.3. The van der Waals surface area contributed by atoms with E-state index in [1.807, 2.05) is 0 Å². The van der Waals surface area contributed by atoms with Crippen molar-refractivity contribution >= 4 is 29.3 Å². The predicted molar refractivity (Wildman–Crippen MR) is 66.1 cm³/mol. The third kappa shape index (κ3) is 3.47. The Hall–Kier alpha value is -2.02. The van der Waals surface area contributed by atoms with Crippen LogP contribution in [-0.2, 0) is 6.54 Å². The maximum absolute atomic E-state index is 12.2. The molecule has 0 radical (unpaired) electrons. The van der Waals surface area contributed by atoms with Crippen LogP contribution >= 0.6 is 11.6 Å². The molecule has 100 valence electrons. The van der Waals surface area contributed by atoms with Gasteiger partial charge in [-0.15, -0.1) is 0 Å². The lowest BCUT2D eigenvalue weighted by Crippen LogP contribution is -2.06. The summed E-state index contributed by atoms with van der Waals surface area (Å²) in [5, 5.41) is 6.86. The molecule has 0 spiro atoms. The second kappa shape index (κ2) is 5.75. The Kier molecular flexibility index (Phi) is 4.06. The van der Waals surface area contributed by atoms with Crippen LogP contribution in [0.5, 0.6) is 0 Å². The van der Waals surface area contributed by atoms with Crippen LogP contribution in [0.25, 0.3) is 0 Å². The van der Waals surface area contributed by atoms with Gasteiger partial charge in [-0.05, 0) is 6.07 Å². The molecule has 0 fully saturated rings. The number of alkyl halides is 2. The van der Waals surface area contributed by atoms with Gasteiger partial charge in [-0.1, -0.05) is 11.6 Å². The highest BCUT2D eigenvalue weighted by atomic mass is 35.5. The largest absolute Gasteiger partial charge is 0.352 e. The molecule has 0 unspecified atom stereocenters. The van der Waals surface area contributed by atoms with Crippen molar-refractivity contribution in [3.8, 4) is 0 Å². The number of nitrogens with one attached hydrogen (secondary N) is 1. The van der Waals surface area contributed by atoms with Gasteiger partial charge >= 0.3 is 0 Å². The van der Waals surface area contributed by atoms with Gasteiger partial charge in [0.15, 0.2) is 6.29 Å². The topological polar surface area (TPSA) is 59.8 Å². The first-order valence-corrected chi connectivity index (χ1v) is 5.64. The Morgan fingerprint density at radius 3 is 2.95 bits per heavy atom. The average molecular weight is 287 g/mol. The standard InChI is InChI=1S/C11H9ClF2N4O/c12-10-1-9(7(6-19)2-15-10)17-8-3-16-18(4-8)5-11(13)14/h1-4,6,11H,5H2,(H,15,17). The van der Waals surface area contributed by atoms with Gasteiger partial charge in [-0.25, -0.2) is 13.8 Å². The molecular weight excluding hydrogens is 278 g/mol. The van der Waals surface area contributed by atoms with Crippen molar-refractivity contribution in [1.82, 2.24) is 14.8 Å². The molecule has 0 aliphatic heterocycles. The number of hydrogen-bond donors (Lipinski definition) is 1. The molecule has 0 atom stereocenters. The summed E-state index contributed by atoms with van der Waals surface area (Å²) in [6.07, 6.45) is 2.25. The molecule has 0 amide bonds. The quantitative estimate of drug-likeness (QED) is 0.678. The molecule has 2 aromatic heterocycles. The second-order valence-electron chi connectivity index (χ2n) is 3.68. The van der Waals surface area contributed by atoms with Crippen LogP contribution < -0.4 is 5.32 Å². The highest BCUT2D eigenvalue weighted by molar-refractivity contribution is 6.29. The molecule has 0 aromatic carbocycles. The third-order valence-corrected chi connectivity index (χ3v) is 2.47. The zero-order chi connectivity index (χ0) is 13.8. The van der Waals surface area contributed by atoms with Crippen LogP contribution in [0.3, 0.4) is 0 Å². The fraction of sp³-hybridized carbons (Fsp3) is 0.182. The van der Waals surface area contributed by atoms with E-state index in [9.17, 15) is 13.6 Å². The summed E-state index contributed by atoms with van der Waals surface area (Å²) in [5.41, 5.74) is 1.23. The minimum atomic E-state index is -2.48. The van der Waals surface area contributed by atoms with Crippen molar-refractivity contribution < 1.29 is 13.6 Å². The number of nitrogens with zero attached hydrogens (tertiary/aromatic N) is 3. The van der Waals surface area contributed by atoms with Crippen molar-refractivity contribution in [2.45, 2.75) is 13.0 Å². The second-order valence-corrected chi connectivity index (χ2v) is 4.07. The Morgan fingerprint density at radius 1 is 1.47 bits per heavy atom. The number of carbonyl (C=O) groups is 1. The molecule has 0 saturated carbocycles. The van der Waals surface area contributed by atoms with Crippen molar-refractivity contribution in [3.05, 3.63) is 35.4 Å². The summed E-state index contributed by atoms with van der Waals surface area (Å²) in [7, 11) is 0. The summed E-state index contributed by atoms with van der Waals surface area (Å²) in [5.74, 6) is 0. The van der Waals surface area contributed by atoms with Crippen LogP contribution in [-0.4, -0.2) is 27.5 Å². The molecule has 0 saturated heterocycles. The zero-order valence-electron chi connectivity index (χ0n) is 9.55. The number of aromatic nitrogens is 3. The maximum Gasteiger partial charge on any atom is 0.257 e. The highest BCUT2D eigenvalue weighted by Crippen LogP contribution is 2.21. The monoisotopic (exact) mass is 286 g/mol. The van der Waals surface area contributed by atoms with E-state index in [2.05, 4.69) is 15.4 Å². The minimum Gasteiger partial charge on any atom is -0.352 e. The maximum atomic E-state index is 12.2. The summed E-state index contributed by atoms with van der Waals surface area (Å²) in [6, 6.07) is 1.47. The van der Waals surface area contributed by atoms with Gasteiger partial charge < -0.3 is 5.32 Å². The van der Waals surface area contributed by atoms with Crippen LogP contribution in [0.15, 0.2) is 24.7 Å². The Balaban J connectivity index is 2.18. The fourth-order valence-electron chi connectivity index (χ4n) is 1.47. The van der Waals surface area contributed by atoms with E-state index < -0.39 is 13.0 Å². The van der Waals surface area contributed by atoms with Gasteiger partial charge in [-0.3, -0.25) is 9.48 Å². The summed E-state index contributed by atoms with van der Waals surface area (Å²) >= 11 is 5.73. The molecule has 0 aliphatic carbocycles. The van der Waals surface area contributed by atoms with E-state index in [0.717, 1.165) is 4.68 Å². The number of aldehydes is 1. The molecule has 19 heavy (non-hydrogen) atoms. The first-order chi connectivity index (χ1) is 9.08. The average Bonchev–Trinajstić information content (AvgIpc) is 2.76. The number of hydrogen-bond acceptors (Lipinski definition) is 4. The van der Waals surface area contributed by atoms with Crippen LogP contribution in [0.1, 0.15) is 10.4 Å². The lowest BCUT2D eigenvalue weighted by molar-refractivity contribution is 0.112. The van der Waals surface area contributed by atoms with Gasteiger partial charge in [0.1, 0.15) is 11.7 Å². The molecular formula is C11H9ClF2N4O. The van der Waals surface area contributed by atoms with E-state index >= 15 is 0 Å². The molecule has 1 N–H and O–H groups in total. The SMILES string of the molecule is O=Cc1cnc(Cl)cc1Nc1cnn(CC(F)F)c1. The number of halogens is 3. The Morgan fingerprint density at radius 2 is 2.26 bits per heavy atom. The smallest absolute Gasteiger partial charge is 0.257 e. The number of anilines is 2. The molecule has 5 nitrogen and oxygen atoms in total. The first-order valence-electron chi connectivity index (χ1n) is 5.27. The summed E-state index contributed by atoms with van der Waals surface area (Å²) in [4.78, 5) is 14.6. The van der Waals surface area contributed by atoms with Crippen molar-refractivity contribution in [3.63, 3.8) is 0 Å².